The average molecular weight is 546 g/mol. The van der Waals surface area contributed by atoms with Crippen LogP contribution in [0.1, 0.15) is 57.9 Å². The van der Waals surface area contributed by atoms with Crippen molar-refractivity contribution in [3.05, 3.63) is 35.8 Å². The van der Waals surface area contributed by atoms with Gasteiger partial charge in [-0.05, 0) is 51.2 Å². The van der Waals surface area contributed by atoms with Gasteiger partial charge in [0.05, 0.1) is 23.7 Å². The number of halogens is 3. The Kier molecular flexibility index (Phi) is 8.08. The first-order valence-corrected chi connectivity index (χ1v) is 13.0. The Balaban J connectivity index is 2.13. The zero-order valence-electron chi connectivity index (χ0n) is 21.2. The molecule has 0 aliphatic carbocycles. The first kappa shape index (κ1) is 28.6. The van der Waals surface area contributed by atoms with E-state index in [1.807, 2.05) is 4.90 Å². The molecule has 1 atom stereocenters. The lowest BCUT2D eigenvalue weighted by atomic mass is 9.82. The second kappa shape index (κ2) is 10.4. The number of rotatable bonds is 8. The van der Waals surface area contributed by atoms with Gasteiger partial charge in [0.1, 0.15) is 0 Å². The summed E-state index contributed by atoms with van der Waals surface area (Å²) < 4.78 is 70.6. The van der Waals surface area contributed by atoms with Gasteiger partial charge in [-0.25, -0.2) is 4.79 Å². The molecular weight excluding hydrogens is 515 g/mol. The molecule has 0 saturated carbocycles. The van der Waals surface area contributed by atoms with E-state index in [1.165, 1.54) is 12.3 Å². The van der Waals surface area contributed by atoms with Crippen molar-refractivity contribution in [3.8, 4) is 17.0 Å². The number of hydrogen-bond donors (Lipinski definition) is 1. The highest BCUT2D eigenvalue weighted by molar-refractivity contribution is 7.88. The summed E-state index contributed by atoms with van der Waals surface area (Å²) in [4.78, 5) is 22.8. The molecule has 0 bridgehead atoms. The molecule has 204 valence electrons. The predicted octanol–water partition coefficient (Wildman–Crippen LogP) is 4.86. The molecule has 1 saturated heterocycles. The van der Waals surface area contributed by atoms with Crippen molar-refractivity contribution >= 4 is 21.8 Å². The van der Waals surface area contributed by atoms with Crippen molar-refractivity contribution in [2.75, 3.05) is 18.0 Å². The van der Waals surface area contributed by atoms with Crippen LogP contribution in [0.25, 0.3) is 11.3 Å². The Labute approximate surface area is 213 Å². The van der Waals surface area contributed by atoms with Gasteiger partial charge in [-0.15, -0.1) is 0 Å². The molecular formula is C24H30F3N3O6S. The van der Waals surface area contributed by atoms with Crippen LogP contribution in [0.3, 0.4) is 0 Å². The van der Waals surface area contributed by atoms with Crippen LogP contribution in [0.2, 0.25) is 0 Å². The van der Waals surface area contributed by atoms with E-state index in [0.29, 0.717) is 35.6 Å². The Morgan fingerprint density at radius 1 is 1.14 bits per heavy atom. The number of piperidine rings is 1. The maximum Gasteiger partial charge on any atom is 0.534 e. The summed E-state index contributed by atoms with van der Waals surface area (Å²) >= 11 is 0. The molecule has 37 heavy (non-hydrogen) atoms. The topological polar surface area (TPSA) is 119 Å². The third kappa shape index (κ3) is 6.50. The van der Waals surface area contributed by atoms with E-state index in [9.17, 15) is 31.5 Å². The van der Waals surface area contributed by atoms with Gasteiger partial charge in [0.2, 0.25) is 0 Å². The monoisotopic (exact) mass is 545 g/mol. The minimum absolute atomic E-state index is 0.0980. The maximum atomic E-state index is 12.7. The molecule has 0 radical (unpaired) electrons. The molecule has 3 heterocycles. The molecule has 0 aromatic carbocycles. The van der Waals surface area contributed by atoms with Crippen LogP contribution in [0.15, 0.2) is 24.5 Å². The SMILES string of the molecule is Cc1ncc(-c2ccc(OS(=O)(=O)C(F)(F)F)cn2)c(N2CCC(C)(C)CC2)c1[C@H](OC(C)C)C(=O)O. The number of nitrogens with zero attached hydrogens (tertiary/aromatic N) is 3. The minimum atomic E-state index is -5.85. The molecule has 0 unspecified atom stereocenters. The van der Waals surface area contributed by atoms with E-state index in [-0.39, 0.29) is 11.1 Å². The molecule has 3 rings (SSSR count). The van der Waals surface area contributed by atoms with E-state index < -0.39 is 39.6 Å². The van der Waals surface area contributed by atoms with Crippen molar-refractivity contribution in [2.45, 2.75) is 65.2 Å². The number of pyridine rings is 2. The van der Waals surface area contributed by atoms with Crippen LogP contribution in [0, 0.1) is 12.3 Å². The van der Waals surface area contributed by atoms with Crippen LogP contribution in [0.4, 0.5) is 18.9 Å². The third-order valence-electron chi connectivity index (χ3n) is 6.12. The van der Waals surface area contributed by atoms with Crippen molar-refractivity contribution in [2.24, 2.45) is 5.41 Å². The Bertz CT molecular complexity index is 1240. The predicted molar refractivity (Wildman–Crippen MR) is 130 cm³/mol. The van der Waals surface area contributed by atoms with Gasteiger partial charge >= 0.3 is 21.6 Å². The fourth-order valence-corrected chi connectivity index (χ4v) is 4.52. The normalized spacial score (nSPS) is 17.1. The van der Waals surface area contributed by atoms with Gasteiger partial charge in [-0.2, -0.15) is 21.6 Å². The summed E-state index contributed by atoms with van der Waals surface area (Å²) in [7, 11) is -5.85. The van der Waals surface area contributed by atoms with E-state index in [1.54, 1.807) is 20.8 Å². The first-order chi connectivity index (χ1) is 17.0. The van der Waals surface area contributed by atoms with Crippen LogP contribution in [-0.2, 0) is 19.6 Å². The molecule has 0 amide bonds. The van der Waals surface area contributed by atoms with Crippen LogP contribution in [0.5, 0.6) is 5.75 Å². The van der Waals surface area contributed by atoms with E-state index in [2.05, 4.69) is 28.0 Å². The molecule has 2 aromatic heterocycles. The summed E-state index contributed by atoms with van der Waals surface area (Å²) in [5.74, 6) is -1.81. The average Bonchev–Trinajstić information content (AvgIpc) is 2.77. The van der Waals surface area contributed by atoms with E-state index in [0.717, 1.165) is 25.1 Å². The largest absolute Gasteiger partial charge is 0.534 e. The Hall–Kier alpha value is -2.93. The van der Waals surface area contributed by atoms with Gasteiger partial charge in [-0.1, -0.05) is 13.8 Å². The summed E-state index contributed by atoms with van der Waals surface area (Å²) in [6, 6.07) is 2.35. The second-order valence-corrected chi connectivity index (χ2v) is 11.5. The summed E-state index contributed by atoms with van der Waals surface area (Å²) in [6.45, 7) is 10.7. The number of aliphatic carboxylic acids is 1. The molecule has 9 nitrogen and oxygen atoms in total. The first-order valence-electron chi connectivity index (χ1n) is 11.6. The van der Waals surface area contributed by atoms with Crippen LogP contribution >= 0.6 is 0 Å². The highest BCUT2D eigenvalue weighted by Crippen LogP contribution is 2.42. The van der Waals surface area contributed by atoms with Gasteiger partial charge in [-0.3, -0.25) is 9.97 Å². The standard InChI is InChI=1S/C24H30F3N3O6S/c1-14(2)35-21(22(31)32)19-15(3)28-13-17(20(19)30-10-8-23(4,5)9-11-30)18-7-6-16(12-29-18)36-37(33,34)24(25,26)27/h6-7,12-14,21H,8-11H2,1-5H3,(H,31,32)/t21-/m0/s1. The molecule has 13 heteroatoms. The zero-order chi connectivity index (χ0) is 27.8. The number of aryl methyl sites for hydroxylation is 1. The number of aromatic nitrogens is 2. The molecule has 1 aliphatic heterocycles. The number of alkyl halides is 3. The number of carboxylic acids is 1. The Morgan fingerprint density at radius 3 is 2.24 bits per heavy atom. The number of carbonyl (C=O) groups is 1. The Morgan fingerprint density at radius 2 is 1.76 bits per heavy atom. The van der Waals surface area contributed by atoms with E-state index >= 15 is 0 Å². The maximum absolute atomic E-state index is 12.7. The number of ether oxygens (including phenoxy) is 1. The van der Waals surface area contributed by atoms with Crippen molar-refractivity contribution < 1.29 is 40.4 Å². The lowest BCUT2D eigenvalue weighted by Crippen LogP contribution is -2.39. The highest BCUT2D eigenvalue weighted by Gasteiger charge is 2.48. The zero-order valence-corrected chi connectivity index (χ0v) is 22.0. The molecule has 2 aromatic rings. The van der Waals surface area contributed by atoms with Crippen molar-refractivity contribution in [3.63, 3.8) is 0 Å². The summed E-state index contributed by atoms with van der Waals surface area (Å²) in [5, 5.41) is 10.0. The van der Waals surface area contributed by atoms with Crippen molar-refractivity contribution in [1.29, 1.82) is 0 Å². The molecule has 0 spiro atoms. The lowest BCUT2D eigenvalue weighted by molar-refractivity contribution is -0.153. The van der Waals surface area contributed by atoms with Gasteiger partial charge in [0.25, 0.3) is 0 Å². The smallest absolute Gasteiger partial charge is 0.479 e. The second-order valence-electron chi connectivity index (χ2n) is 9.94. The molecule has 1 fully saturated rings. The number of hydrogen-bond acceptors (Lipinski definition) is 8. The van der Waals surface area contributed by atoms with Gasteiger partial charge in [0.15, 0.2) is 11.9 Å². The fraction of sp³-hybridized carbons (Fsp3) is 0.542. The molecule has 1 aliphatic rings. The lowest BCUT2D eigenvalue weighted by Gasteiger charge is -2.40. The molecule has 1 N–H and O–H groups in total. The number of anilines is 1. The summed E-state index contributed by atoms with van der Waals surface area (Å²) in [6.07, 6.45) is 2.33. The van der Waals surface area contributed by atoms with E-state index in [4.69, 9.17) is 4.74 Å². The van der Waals surface area contributed by atoms with Crippen LogP contribution < -0.4 is 9.08 Å². The fourth-order valence-electron chi connectivity index (χ4n) is 4.07. The quantitative estimate of drug-likeness (QED) is 0.366. The number of carboxylic acid groups (broad SMARTS) is 1. The third-order valence-corrected chi connectivity index (χ3v) is 7.10. The van der Waals surface area contributed by atoms with Gasteiger partial charge < -0.3 is 18.9 Å². The highest BCUT2D eigenvalue weighted by atomic mass is 32.2. The van der Waals surface area contributed by atoms with Crippen molar-refractivity contribution in [1.82, 2.24) is 9.97 Å². The summed E-state index contributed by atoms with van der Waals surface area (Å²) in [5.41, 5.74) is -3.43. The van der Waals surface area contributed by atoms with Gasteiger partial charge in [0, 0.05) is 36.1 Å². The minimum Gasteiger partial charge on any atom is -0.479 e. The van der Waals surface area contributed by atoms with Crippen LogP contribution in [-0.4, -0.2) is 54.2 Å².